The van der Waals surface area contributed by atoms with Crippen LogP contribution in [0.25, 0.3) is 5.82 Å². The third kappa shape index (κ3) is 4.36. The molecule has 0 bridgehead atoms. The summed E-state index contributed by atoms with van der Waals surface area (Å²) < 4.78 is 42.1. The quantitative estimate of drug-likeness (QED) is 0.691. The highest BCUT2D eigenvalue weighted by atomic mass is 19.4. The third-order valence-corrected chi connectivity index (χ3v) is 3.93. The molecular formula is C16H23F3N4. The molecule has 0 saturated carbocycles. The fourth-order valence-electron chi connectivity index (χ4n) is 2.60. The minimum Gasteiger partial charge on any atom is -0.338 e. The van der Waals surface area contributed by atoms with E-state index >= 15 is 0 Å². The number of aryl methyl sites for hydroxylation is 1. The second-order valence-electron chi connectivity index (χ2n) is 6.01. The van der Waals surface area contributed by atoms with Crippen LogP contribution in [0.15, 0.2) is 18.6 Å². The normalized spacial score (nSPS) is 13.5. The highest BCUT2D eigenvalue weighted by Gasteiger charge is 2.35. The average molecular weight is 328 g/mol. The van der Waals surface area contributed by atoms with E-state index in [4.69, 9.17) is 0 Å². The van der Waals surface area contributed by atoms with Crippen molar-refractivity contribution in [2.75, 3.05) is 0 Å². The van der Waals surface area contributed by atoms with Crippen LogP contribution in [0.4, 0.5) is 13.2 Å². The molecule has 2 heterocycles. The summed E-state index contributed by atoms with van der Waals surface area (Å²) >= 11 is 0. The van der Waals surface area contributed by atoms with E-state index in [0.29, 0.717) is 11.5 Å². The van der Waals surface area contributed by atoms with E-state index < -0.39 is 11.9 Å². The number of rotatable bonds is 7. The van der Waals surface area contributed by atoms with Gasteiger partial charge in [-0.1, -0.05) is 39.5 Å². The van der Waals surface area contributed by atoms with Gasteiger partial charge in [0.2, 0.25) is 0 Å². The van der Waals surface area contributed by atoms with Crippen LogP contribution in [0, 0.1) is 0 Å². The van der Waals surface area contributed by atoms with Gasteiger partial charge in [-0.2, -0.15) is 18.3 Å². The number of nitrogens with zero attached hydrogens (tertiary/aromatic N) is 4. The van der Waals surface area contributed by atoms with Crippen LogP contribution in [0.3, 0.4) is 0 Å². The summed E-state index contributed by atoms with van der Waals surface area (Å²) in [4.78, 5) is 4.13. The molecule has 0 saturated heterocycles. The molecular weight excluding hydrogens is 305 g/mol. The van der Waals surface area contributed by atoms with E-state index in [1.54, 1.807) is 24.1 Å². The molecule has 4 nitrogen and oxygen atoms in total. The summed E-state index contributed by atoms with van der Waals surface area (Å²) in [5, 5.41) is 3.75. The Bertz CT molecular complexity index is 628. The lowest BCUT2D eigenvalue weighted by atomic mass is 9.99. The van der Waals surface area contributed by atoms with Gasteiger partial charge in [0.25, 0.3) is 0 Å². The Morgan fingerprint density at radius 1 is 1.22 bits per heavy atom. The van der Waals surface area contributed by atoms with E-state index in [2.05, 4.69) is 17.0 Å². The Morgan fingerprint density at radius 2 is 1.96 bits per heavy atom. The Labute approximate surface area is 134 Å². The van der Waals surface area contributed by atoms with Crippen LogP contribution in [-0.2, 0) is 13.2 Å². The fourth-order valence-corrected chi connectivity index (χ4v) is 2.60. The average Bonchev–Trinajstić information content (AvgIpc) is 3.08. The minimum atomic E-state index is -4.45. The van der Waals surface area contributed by atoms with Crippen molar-refractivity contribution in [3.8, 4) is 5.82 Å². The first kappa shape index (κ1) is 17.6. The summed E-state index contributed by atoms with van der Waals surface area (Å²) in [6.45, 7) is 4.08. The summed E-state index contributed by atoms with van der Waals surface area (Å²) in [5.74, 6) is 0.413. The molecule has 128 valence electrons. The maximum absolute atomic E-state index is 13.0. The molecule has 0 amide bonds. The summed E-state index contributed by atoms with van der Waals surface area (Å²) in [5.41, 5.74) is -0.300. The number of halogens is 3. The van der Waals surface area contributed by atoms with Crippen molar-refractivity contribution in [2.24, 2.45) is 7.05 Å². The molecule has 0 aromatic carbocycles. The number of hydrogen-bond donors (Lipinski definition) is 0. The number of hydrogen-bond acceptors (Lipinski definition) is 2. The third-order valence-electron chi connectivity index (χ3n) is 3.93. The predicted octanol–water partition coefficient (Wildman–Crippen LogP) is 4.70. The Hall–Kier alpha value is -1.79. The van der Waals surface area contributed by atoms with Crippen LogP contribution in [0.2, 0.25) is 0 Å². The maximum atomic E-state index is 13.0. The number of alkyl halides is 3. The molecule has 1 unspecified atom stereocenters. The molecule has 2 rings (SSSR count). The second-order valence-corrected chi connectivity index (χ2v) is 6.01. The Morgan fingerprint density at radius 3 is 2.52 bits per heavy atom. The topological polar surface area (TPSA) is 35.6 Å². The lowest BCUT2D eigenvalue weighted by Gasteiger charge is -2.12. The summed E-state index contributed by atoms with van der Waals surface area (Å²) in [6, 6.07) is 1.15. The van der Waals surface area contributed by atoms with Gasteiger partial charge in [-0.3, -0.25) is 0 Å². The Kier molecular flexibility index (Phi) is 5.49. The SMILES string of the molecule is CCCCCCC(C)c1cc(C(F)(F)F)nn1-c1cn(C)cn1. The van der Waals surface area contributed by atoms with Crippen molar-refractivity contribution in [1.29, 1.82) is 0 Å². The minimum absolute atomic E-state index is 0.00235. The number of aromatic nitrogens is 4. The highest BCUT2D eigenvalue weighted by molar-refractivity contribution is 5.27. The van der Waals surface area contributed by atoms with Crippen molar-refractivity contribution < 1.29 is 13.2 Å². The van der Waals surface area contributed by atoms with Gasteiger partial charge in [0.1, 0.15) is 0 Å². The first-order chi connectivity index (χ1) is 10.8. The molecule has 0 spiro atoms. The van der Waals surface area contributed by atoms with E-state index in [9.17, 15) is 13.2 Å². The van der Waals surface area contributed by atoms with Crippen molar-refractivity contribution >= 4 is 0 Å². The van der Waals surface area contributed by atoms with Gasteiger partial charge >= 0.3 is 6.18 Å². The molecule has 2 aromatic rings. The molecule has 1 atom stereocenters. The van der Waals surface area contributed by atoms with Crippen molar-refractivity contribution in [3.63, 3.8) is 0 Å². The van der Waals surface area contributed by atoms with Crippen molar-refractivity contribution in [1.82, 2.24) is 19.3 Å². The van der Waals surface area contributed by atoms with Crippen molar-refractivity contribution in [2.45, 2.75) is 58.0 Å². The molecule has 0 aliphatic rings. The molecule has 2 aromatic heterocycles. The molecule has 23 heavy (non-hydrogen) atoms. The number of unbranched alkanes of at least 4 members (excludes halogenated alkanes) is 3. The lowest BCUT2D eigenvalue weighted by Crippen LogP contribution is -2.08. The van der Waals surface area contributed by atoms with Gasteiger partial charge in [-0.15, -0.1) is 0 Å². The standard InChI is InChI=1S/C16H23F3N4/c1-4-5-6-7-8-12(2)13-9-14(16(17,18)19)21-23(13)15-10-22(3)11-20-15/h9-12H,4-8H2,1-3H3. The molecule has 0 N–H and O–H groups in total. The van der Waals surface area contributed by atoms with E-state index in [1.807, 2.05) is 6.92 Å². The first-order valence-corrected chi connectivity index (χ1v) is 7.98. The zero-order valence-electron chi connectivity index (χ0n) is 13.8. The van der Waals surface area contributed by atoms with E-state index in [1.165, 1.54) is 4.68 Å². The van der Waals surface area contributed by atoms with E-state index in [0.717, 1.165) is 38.2 Å². The zero-order chi connectivity index (χ0) is 17.0. The fraction of sp³-hybridized carbons (Fsp3) is 0.625. The van der Waals surface area contributed by atoms with Crippen LogP contribution < -0.4 is 0 Å². The lowest BCUT2D eigenvalue weighted by molar-refractivity contribution is -0.141. The van der Waals surface area contributed by atoms with Gasteiger partial charge in [0, 0.05) is 18.9 Å². The van der Waals surface area contributed by atoms with Gasteiger partial charge < -0.3 is 4.57 Å². The van der Waals surface area contributed by atoms with Crippen LogP contribution in [0.5, 0.6) is 0 Å². The van der Waals surface area contributed by atoms with Gasteiger partial charge in [0.15, 0.2) is 11.5 Å². The van der Waals surface area contributed by atoms with Crippen LogP contribution in [0.1, 0.15) is 63.3 Å². The first-order valence-electron chi connectivity index (χ1n) is 7.98. The zero-order valence-corrected chi connectivity index (χ0v) is 13.8. The Balaban J connectivity index is 2.27. The van der Waals surface area contributed by atoms with Crippen molar-refractivity contribution in [3.05, 3.63) is 30.0 Å². The van der Waals surface area contributed by atoms with Gasteiger partial charge in [-0.25, -0.2) is 9.67 Å². The number of imidazole rings is 1. The molecule has 0 fully saturated rings. The smallest absolute Gasteiger partial charge is 0.338 e. The van der Waals surface area contributed by atoms with E-state index in [-0.39, 0.29) is 5.92 Å². The molecule has 0 aliphatic carbocycles. The second kappa shape index (κ2) is 7.19. The largest absolute Gasteiger partial charge is 0.435 e. The summed E-state index contributed by atoms with van der Waals surface area (Å²) in [6.07, 6.45) is 4.01. The van der Waals surface area contributed by atoms with Crippen LogP contribution >= 0.6 is 0 Å². The molecule has 0 radical (unpaired) electrons. The summed E-state index contributed by atoms with van der Waals surface area (Å²) in [7, 11) is 1.78. The highest BCUT2D eigenvalue weighted by Crippen LogP contribution is 2.32. The molecule has 7 heteroatoms. The van der Waals surface area contributed by atoms with Crippen LogP contribution in [-0.4, -0.2) is 19.3 Å². The van der Waals surface area contributed by atoms with Gasteiger partial charge in [0.05, 0.1) is 6.33 Å². The molecule has 0 aliphatic heterocycles. The maximum Gasteiger partial charge on any atom is 0.435 e. The predicted molar refractivity (Wildman–Crippen MR) is 82.5 cm³/mol. The van der Waals surface area contributed by atoms with Gasteiger partial charge in [-0.05, 0) is 18.4 Å². The monoisotopic (exact) mass is 328 g/mol.